The van der Waals surface area contributed by atoms with E-state index in [1.165, 1.54) is 19.4 Å². The van der Waals surface area contributed by atoms with Gasteiger partial charge in [0, 0.05) is 12.3 Å². The fourth-order valence-corrected chi connectivity index (χ4v) is 1.62. The zero-order valence-corrected chi connectivity index (χ0v) is 10.8. The lowest BCUT2D eigenvalue weighted by molar-refractivity contribution is 0.407. The molecule has 0 spiro atoms. The average molecular weight is 276 g/mol. The SMILES string of the molecule is COc1cc(C#N)cc(Oc2ncc(Cl)cc2N)c1. The van der Waals surface area contributed by atoms with E-state index in [4.69, 9.17) is 32.1 Å². The molecule has 0 atom stereocenters. The second-order valence-electron chi connectivity index (χ2n) is 3.66. The van der Waals surface area contributed by atoms with Crippen molar-refractivity contribution in [2.24, 2.45) is 0 Å². The lowest BCUT2D eigenvalue weighted by Gasteiger charge is -2.09. The van der Waals surface area contributed by atoms with Crippen molar-refractivity contribution in [2.45, 2.75) is 0 Å². The molecule has 0 bridgehead atoms. The Balaban J connectivity index is 2.35. The van der Waals surface area contributed by atoms with Gasteiger partial charge >= 0.3 is 0 Å². The van der Waals surface area contributed by atoms with Crippen LogP contribution in [-0.2, 0) is 0 Å². The first kappa shape index (κ1) is 13.0. The van der Waals surface area contributed by atoms with Crippen LogP contribution in [0.25, 0.3) is 0 Å². The summed E-state index contributed by atoms with van der Waals surface area (Å²) in [5.74, 6) is 1.15. The van der Waals surface area contributed by atoms with Gasteiger partial charge in [0.1, 0.15) is 11.5 Å². The van der Waals surface area contributed by atoms with Crippen LogP contribution in [-0.4, -0.2) is 12.1 Å². The molecule has 6 heteroatoms. The lowest BCUT2D eigenvalue weighted by atomic mass is 10.2. The zero-order chi connectivity index (χ0) is 13.8. The first-order chi connectivity index (χ1) is 9.12. The zero-order valence-electron chi connectivity index (χ0n) is 10.1. The third-order valence-corrected chi connectivity index (χ3v) is 2.51. The van der Waals surface area contributed by atoms with Crippen LogP contribution in [0.15, 0.2) is 30.5 Å². The highest BCUT2D eigenvalue weighted by Crippen LogP contribution is 2.30. The number of benzene rings is 1. The summed E-state index contributed by atoms with van der Waals surface area (Å²) in [5, 5.41) is 9.34. The van der Waals surface area contributed by atoms with Gasteiger partial charge in [0.25, 0.3) is 0 Å². The summed E-state index contributed by atoms with van der Waals surface area (Å²) in [5.41, 5.74) is 6.47. The summed E-state index contributed by atoms with van der Waals surface area (Å²) in [6, 6.07) is 8.36. The fraction of sp³-hybridized carbons (Fsp3) is 0.0769. The predicted molar refractivity (Wildman–Crippen MR) is 71.4 cm³/mol. The Morgan fingerprint density at radius 3 is 2.63 bits per heavy atom. The highest BCUT2D eigenvalue weighted by molar-refractivity contribution is 6.30. The van der Waals surface area contributed by atoms with E-state index in [1.54, 1.807) is 18.2 Å². The van der Waals surface area contributed by atoms with E-state index < -0.39 is 0 Å². The van der Waals surface area contributed by atoms with Gasteiger partial charge in [-0.25, -0.2) is 4.98 Å². The minimum atomic E-state index is 0.224. The second kappa shape index (κ2) is 5.46. The Hall–Kier alpha value is -2.45. The van der Waals surface area contributed by atoms with Gasteiger partial charge in [-0.15, -0.1) is 0 Å². The van der Waals surface area contributed by atoms with E-state index in [0.717, 1.165) is 0 Å². The summed E-state index contributed by atoms with van der Waals surface area (Å²) >= 11 is 5.75. The number of halogens is 1. The maximum Gasteiger partial charge on any atom is 0.242 e. The Morgan fingerprint density at radius 2 is 2.00 bits per heavy atom. The predicted octanol–water partition coefficient (Wildman–Crippen LogP) is 2.99. The number of methoxy groups -OCH3 is 1. The summed E-state index contributed by atoms with van der Waals surface area (Å²) in [6.45, 7) is 0. The standard InChI is InChI=1S/C13H10ClN3O2/c1-18-10-2-8(6-15)3-11(5-10)19-13-12(16)4-9(14)7-17-13/h2-5,7H,16H2,1H3. The molecule has 1 aromatic heterocycles. The Bertz CT molecular complexity index is 653. The molecule has 19 heavy (non-hydrogen) atoms. The molecule has 0 aliphatic rings. The van der Waals surface area contributed by atoms with E-state index >= 15 is 0 Å². The number of nitrogens with two attached hydrogens (primary N) is 1. The molecule has 2 rings (SSSR count). The molecule has 2 N–H and O–H groups in total. The van der Waals surface area contributed by atoms with Gasteiger partial charge in [0.15, 0.2) is 0 Å². The number of anilines is 1. The Morgan fingerprint density at radius 1 is 1.26 bits per heavy atom. The number of nitriles is 1. The van der Waals surface area contributed by atoms with Gasteiger partial charge in [-0.3, -0.25) is 0 Å². The smallest absolute Gasteiger partial charge is 0.242 e. The van der Waals surface area contributed by atoms with Crippen molar-refractivity contribution in [3.63, 3.8) is 0 Å². The van der Waals surface area contributed by atoms with Gasteiger partial charge in [0.2, 0.25) is 5.88 Å². The summed E-state index contributed by atoms with van der Waals surface area (Å²) in [6.07, 6.45) is 1.43. The number of hydrogen-bond acceptors (Lipinski definition) is 5. The highest BCUT2D eigenvalue weighted by Gasteiger charge is 2.07. The van der Waals surface area contributed by atoms with Crippen molar-refractivity contribution < 1.29 is 9.47 Å². The van der Waals surface area contributed by atoms with Gasteiger partial charge in [-0.1, -0.05) is 11.6 Å². The number of ether oxygens (including phenoxy) is 2. The van der Waals surface area contributed by atoms with Crippen LogP contribution >= 0.6 is 11.6 Å². The second-order valence-corrected chi connectivity index (χ2v) is 4.10. The van der Waals surface area contributed by atoms with Crippen LogP contribution in [0.5, 0.6) is 17.4 Å². The maximum absolute atomic E-state index is 8.92. The molecule has 0 aliphatic carbocycles. The third-order valence-electron chi connectivity index (χ3n) is 2.30. The summed E-state index contributed by atoms with van der Waals surface area (Å²) in [4.78, 5) is 3.98. The van der Waals surface area contributed by atoms with Crippen molar-refractivity contribution >= 4 is 17.3 Å². The molecule has 0 saturated heterocycles. The summed E-state index contributed by atoms with van der Waals surface area (Å²) < 4.78 is 10.6. The third kappa shape index (κ3) is 3.06. The van der Waals surface area contributed by atoms with Gasteiger partial charge in [0.05, 0.1) is 29.5 Å². The molecule has 5 nitrogen and oxygen atoms in total. The van der Waals surface area contributed by atoms with Crippen LogP contribution in [0, 0.1) is 11.3 Å². The molecule has 0 aliphatic heterocycles. The van der Waals surface area contributed by atoms with Gasteiger partial charge in [-0.2, -0.15) is 5.26 Å². The van der Waals surface area contributed by atoms with Crippen molar-refractivity contribution in [1.29, 1.82) is 5.26 Å². The number of rotatable bonds is 3. The quantitative estimate of drug-likeness (QED) is 0.931. The molecule has 0 fully saturated rings. The molecule has 0 amide bonds. The first-order valence-corrected chi connectivity index (χ1v) is 5.68. The molecular weight excluding hydrogens is 266 g/mol. The molecule has 1 aromatic carbocycles. The number of aromatic nitrogens is 1. The van der Waals surface area contributed by atoms with E-state index in [-0.39, 0.29) is 5.88 Å². The molecular formula is C13H10ClN3O2. The van der Waals surface area contributed by atoms with E-state index in [9.17, 15) is 0 Å². The summed E-state index contributed by atoms with van der Waals surface area (Å²) in [7, 11) is 1.51. The number of pyridine rings is 1. The lowest BCUT2D eigenvalue weighted by Crippen LogP contribution is -1.95. The van der Waals surface area contributed by atoms with Crippen LogP contribution in [0.3, 0.4) is 0 Å². The van der Waals surface area contributed by atoms with Crippen molar-refractivity contribution in [1.82, 2.24) is 4.98 Å². The molecule has 96 valence electrons. The Labute approximate surface area is 115 Å². The van der Waals surface area contributed by atoms with E-state index in [2.05, 4.69) is 4.98 Å². The van der Waals surface area contributed by atoms with E-state index in [1.807, 2.05) is 6.07 Å². The first-order valence-electron chi connectivity index (χ1n) is 5.30. The largest absolute Gasteiger partial charge is 0.497 e. The maximum atomic E-state index is 8.92. The van der Waals surface area contributed by atoms with Crippen molar-refractivity contribution in [3.05, 3.63) is 41.0 Å². The number of nitrogens with zero attached hydrogens (tertiary/aromatic N) is 2. The minimum absolute atomic E-state index is 0.224. The molecule has 1 heterocycles. The van der Waals surface area contributed by atoms with Crippen LogP contribution < -0.4 is 15.2 Å². The average Bonchev–Trinajstić information content (AvgIpc) is 2.41. The molecule has 0 radical (unpaired) electrons. The fourth-order valence-electron chi connectivity index (χ4n) is 1.45. The number of nitrogen functional groups attached to an aromatic ring is 1. The van der Waals surface area contributed by atoms with Crippen LogP contribution in [0.2, 0.25) is 5.02 Å². The van der Waals surface area contributed by atoms with Gasteiger partial charge in [-0.05, 0) is 18.2 Å². The Kier molecular flexibility index (Phi) is 3.74. The monoisotopic (exact) mass is 275 g/mol. The normalized spacial score (nSPS) is 9.74. The topological polar surface area (TPSA) is 81.2 Å². The highest BCUT2D eigenvalue weighted by atomic mass is 35.5. The van der Waals surface area contributed by atoms with Crippen LogP contribution in [0.4, 0.5) is 5.69 Å². The van der Waals surface area contributed by atoms with E-state index in [0.29, 0.717) is 27.8 Å². The minimum Gasteiger partial charge on any atom is -0.497 e. The van der Waals surface area contributed by atoms with Crippen molar-refractivity contribution in [2.75, 3.05) is 12.8 Å². The van der Waals surface area contributed by atoms with Gasteiger partial charge < -0.3 is 15.2 Å². The number of hydrogen-bond donors (Lipinski definition) is 1. The molecule has 0 unspecified atom stereocenters. The van der Waals surface area contributed by atoms with Crippen LogP contribution in [0.1, 0.15) is 5.56 Å². The van der Waals surface area contributed by atoms with Crippen molar-refractivity contribution in [3.8, 4) is 23.4 Å². The molecule has 0 saturated carbocycles. The molecule has 2 aromatic rings.